The molecule has 3 aromatic heterocycles. The van der Waals surface area contributed by atoms with Crippen molar-refractivity contribution in [3.8, 4) is 0 Å². The number of hydrogen-bond donors (Lipinski definition) is 0. The molecule has 0 saturated heterocycles. The van der Waals surface area contributed by atoms with Gasteiger partial charge in [-0.3, -0.25) is 9.20 Å². The Labute approximate surface area is 118 Å². The van der Waals surface area contributed by atoms with Gasteiger partial charge < -0.3 is 0 Å². The molecule has 20 heavy (non-hydrogen) atoms. The van der Waals surface area contributed by atoms with Gasteiger partial charge in [-0.15, -0.1) is 5.10 Å². The van der Waals surface area contributed by atoms with Gasteiger partial charge in [-0.2, -0.15) is 0 Å². The minimum Gasteiger partial charge on any atom is -0.296 e. The molecule has 0 unspecified atom stereocenters. The second-order valence-electron chi connectivity index (χ2n) is 4.59. The SMILES string of the molecule is O=Cc1c(Sc2nnnn2C2CC2)nc2ccccn12. The fourth-order valence-corrected chi connectivity index (χ4v) is 2.98. The van der Waals surface area contributed by atoms with Crippen LogP contribution in [0.5, 0.6) is 0 Å². The fraction of sp³-hybridized carbons (Fsp3) is 0.250. The first kappa shape index (κ1) is 11.6. The normalized spacial score (nSPS) is 14.8. The molecule has 8 heteroatoms. The molecule has 0 amide bonds. The van der Waals surface area contributed by atoms with Crippen LogP contribution in [0.4, 0.5) is 0 Å². The summed E-state index contributed by atoms with van der Waals surface area (Å²) in [6, 6.07) is 6.01. The molecule has 0 aromatic carbocycles. The lowest BCUT2D eigenvalue weighted by Crippen LogP contribution is -1.99. The van der Waals surface area contributed by atoms with Crippen molar-refractivity contribution >= 4 is 23.7 Å². The highest BCUT2D eigenvalue weighted by Gasteiger charge is 2.28. The third kappa shape index (κ3) is 1.80. The first-order valence-electron chi connectivity index (χ1n) is 6.25. The largest absolute Gasteiger partial charge is 0.296 e. The maximum Gasteiger partial charge on any atom is 0.215 e. The van der Waals surface area contributed by atoms with Gasteiger partial charge in [0, 0.05) is 6.20 Å². The molecular formula is C12H10N6OS. The molecule has 1 fully saturated rings. The molecule has 0 aliphatic heterocycles. The summed E-state index contributed by atoms with van der Waals surface area (Å²) < 4.78 is 3.57. The standard InChI is InChI=1S/C12H10N6OS/c19-7-9-11(13-10-3-1-2-6-17(9)10)20-12-14-15-16-18(12)8-4-5-8/h1-3,6-8H,4-5H2. The molecule has 0 atom stereocenters. The average Bonchev–Trinajstić information content (AvgIpc) is 3.10. The van der Waals surface area contributed by atoms with Crippen molar-refractivity contribution in [2.45, 2.75) is 29.1 Å². The molecule has 0 radical (unpaired) electrons. The Morgan fingerprint density at radius 3 is 3.05 bits per heavy atom. The lowest BCUT2D eigenvalue weighted by atomic mass is 10.4. The van der Waals surface area contributed by atoms with Crippen molar-refractivity contribution in [3.63, 3.8) is 0 Å². The Morgan fingerprint density at radius 2 is 2.25 bits per heavy atom. The zero-order valence-electron chi connectivity index (χ0n) is 10.4. The number of carbonyl (C=O) groups excluding carboxylic acids is 1. The predicted molar refractivity (Wildman–Crippen MR) is 70.8 cm³/mol. The van der Waals surface area contributed by atoms with Crippen LogP contribution < -0.4 is 0 Å². The topological polar surface area (TPSA) is 78.0 Å². The molecule has 100 valence electrons. The molecule has 7 nitrogen and oxygen atoms in total. The van der Waals surface area contributed by atoms with Gasteiger partial charge in [0.2, 0.25) is 5.16 Å². The molecular weight excluding hydrogens is 276 g/mol. The highest BCUT2D eigenvalue weighted by Crippen LogP contribution is 2.38. The van der Waals surface area contributed by atoms with Gasteiger partial charge in [0.05, 0.1) is 6.04 Å². The first-order valence-corrected chi connectivity index (χ1v) is 7.06. The van der Waals surface area contributed by atoms with Crippen LogP contribution in [-0.4, -0.2) is 35.9 Å². The Hall–Kier alpha value is -2.22. The lowest BCUT2D eigenvalue weighted by molar-refractivity contribution is 0.111. The molecule has 0 spiro atoms. The van der Waals surface area contributed by atoms with Crippen LogP contribution in [0.1, 0.15) is 29.4 Å². The number of aromatic nitrogens is 6. The number of hydrogen-bond acceptors (Lipinski definition) is 6. The number of rotatable bonds is 4. The monoisotopic (exact) mass is 286 g/mol. The zero-order chi connectivity index (χ0) is 13.5. The molecule has 1 saturated carbocycles. The van der Waals surface area contributed by atoms with Crippen LogP contribution in [0, 0.1) is 0 Å². The summed E-state index contributed by atoms with van der Waals surface area (Å²) in [5, 5.41) is 13.0. The maximum absolute atomic E-state index is 11.3. The number of nitrogens with zero attached hydrogens (tertiary/aromatic N) is 6. The summed E-state index contributed by atoms with van der Waals surface area (Å²) in [5.41, 5.74) is 1.26. The lowest BCUT2D eigenvalue weighted by Gasteiger charge is -2.00. The van der Waals surface area contributed by atoms with Crippen molar-refractivity contribution in [2.24, 2.45) is 0 Å². The number of pyridine rings is 1. The fourth-order valence-electron chi connectivity index (χ4n) is 2.06. The Kier molecular flexibility index (Phi) is 2.56. The van der Waals surface area contributed by atoms with Gasteiger partial charge in [-0.05, 0) is 47.2 Å². The van der Waals surface area contributed by atoms with Gasteiger partial charge in [-0.1, -0.05) is 6.07 Å². The summed E-state index contributed by atoms with van der Waals surface area (Å²) in [4.78, 5) is 15.8. The van der Waals surface area contributed by atoms with E-state index in [0.717, 1.165) is 24.8 Å². The third-order valence-electron chi connectivity index (χ3n) is 3.19. The Morgan fingerprint density at radius 1 is 1.35 bits per heavy atom. The first-order chi connectivity index (χ1) is 9.86. The average molecular weight is 286 g/mol. The van der Waals surface area contributed by atoms with Crippen molar-refractivity contribution in [1.29, 1.82) is 0 Å². The number of carbonyl (C=O) groups is 1. The van der Waals surface area contributed by atoms with E-state index >= 15 is 0 Å². The van der Waals surface area contributed by atoms with Crippen LogP contribution in [-0.2, 0) is 0 Å². The predicted octanol–water partition coefficient (Wildman–Crippen LogP) is 1.62. The number of tetrazole rings is 1. The second kappa shape index (κ2) is 4.41. The molecule has 3 heterocycles. The van der Waals surface area contributed by atoms with E-state index in [-0.39, 0.29) is 0 Å². The summed E-state index contributed by atoms with van der Waals surface area (Å²) in [5.74, 6) is 0. The van der Waals surface area contributed by atoms with Crippen LogP contribution in [0.25, 0.3) is 5.65 Å². The Bertz CT molecular complexity index is 790. The highest BCUT2D eigenvalue weighted by atomic mass is 32.2. The molecule has 0 bridgehead atoms. The minimum atomic E-state index is 0.393. The highest BCUT2D eigenvalue weighted by molar-refractivity contribution is 7.99. The van der Waals surface area contributed by atoms with Crippen LogP contribution >= 0.6 is 11.8 Å². The van der Waals surface area contributed by atoms with Crippen molar-refractivity contribution in [3.05, 3.63) is 30.1 Å². The van der Waals surface area contributed by atoms with E-state index in [1.165, 1.54) is 11.8 Å². The number of aldehydes is 1. The van der Waals surface area contributed by atoms with Crippen LogP contribution in [0.3, 0.4) is 0 Å². The van der Waals surface area contributed by atoms with Gasteiger partial charge in [0.15, 0.2) is 6.29 Å². The zero-order valence-corrected chi connectivity index (χ0v) is 11.2. The van der Waals surface area contributed by atoms with E-state index in [1.54, 1.807) is 4.40 Å². The second-order valence-corrected chi connectivity index (χ2v) is 5.54. The van der Waals surface area contributed by atoms with E-state index in [9.17, 15) is 4.79 Å². The van der Waals surface area contributed by atoms with Gasteiger partial charge >= 0.3 is 0 Å². The summed E-state index contributed by atoms with van der Waals surface area (Å²) in [6.45, 7) is 0. The van der Waals surface area contributed by atoms with E-state index < -0.39 is 0 Å². The van der Waals surface area contributed by atoms with Gasteiger partial charge in [-0.25, -0.2) is 9.67 Å². The molecule has 1 aliphatic rings. The van der Waals surface area contributed by atoms with Crippen molar-refractivity contribution < 1.29 is 4.79 Å². The van der Waals surface area contributed by atoms with Crippen LogP contribution in [0.2, 0.25) is 0 Å². The smallest absolute Gasteiger partial charge is 0.215 e. The molecule has 3 aromatic rings. The van der Waals surface area contributed by atoms with Gasteiger partial charge in [0.25, 0.3) is 0 Å². The van der Waals surface area contributed by atoms with Gasteiger partial charge in [0.1, 0.15) is 16.4 Å². The summed E-state index contributed by atoms with van der Waals surface area (Å²) >= 11 is 1.33. The van der Waals surface area contributed by atoms with E-state index in [1.807, 2.05) is 29.1 Å². The minimum absolute atomic E-state index is 0.393. The van der Waals surface area contributed by atoms with Crippen molar-refractivity contribution in [2.75, 3.05) is 0 Å². The molecule has 4 rings (SSSR count). The van der Waals surface area contributed by atoms with Crippen LogP contribution in [0.15, 0.2) is 34.6 Å². The molecule has 1 aliphatic carbocycles. The summed E-state index contributed by atoms with van der Waals surface area (Å²) in [6.07, 6.45) is 4.84. The van der Waals surface area contributed by atoms with E-state index in [4.69, 9.17) is 0 Å². The third-order valence-corrected chi connectivity index (χ3v) is 4.13. The van der Waals surface area contributed by atoms with Crippen molar-refractivity contribution in [1.82, 2.24) is 29.6 Å². The maximum atomic E-state index is 11.3. The van der Waals surface area contributed by atoms with E-state index in [0.29, 0.717) is 21.9 Å². The summed E-state index contributed by atoms with van der Waals surface area (Å²) in [7, 11) is 0. The quantitative estimate of drug-likeness (QED) is 0.678. The van der Waals surface area contributed by atoms with E-state index in [2.05, 4.69) is 20.5 Å². The Balaban J connectivity index is 1.78. The number of imidazole rings is 1. The molecule has 0 N–H and O–H groups in total. The number of fused-ring (bicyclic) bond motifs is 1.